The third-order valence-electron chi connectivity index (χ3n) is 4.60. The van der Waals surface area contributed by atoms with Gasteiger partial charge in [-0.2, -0.15) is 0 Å². The first kappa shape index (κ1) is 20.7. The molecule has 4 nitrogen and oxygen atoms in total. The lowest BCUT2D eigenvalue weighted by Gasteiger charge is -2.41. The van der Waals surface area contributed by atoms with Gasteiger partial charge >= 0.3 is 0 Å². The first-order chi connectivity index (χ1) is 13.1. The summed E-state index contributed by atoms with van der Waals surface area (Å²) in [5, 5.41) is 0. The molecule has 0 aromatic heterocycles. The summed E-state index contributed by atoms with van der Waals surface area (Å²) in [5.74, 6) is 1.34. The minimum atomic E-state index is -0.743. The van der Waals surface area contributed by atoms with Crippen LogP contribution in [0.5, 0.6) is 0 Å². The lowest BCUT2D eigenvalue weighted by Crippen LogP contribution is -2.45. The minimum Gasteiger partial charge on any atom is -0.493 e. The molecular weight excluding hydrogens is 340 g/mol. The smallest absolute Gasteiger partial charge is 0.162 e. The summed E-state index contributed by atoms with van der Waals surface area (Å²) in [6.07, 6.45) is 1.63. The van der Waals surface area contributed by atoms with Gasteiger partial charge in [-0.3, -0.25) is 0 Å². The molecule has 3 rings (SSSR count). The van der Waals surface area contributed by atoms with E-state index < -0.39 is 5.60 Å². The molecule has 0 saturated carbocycles. The zero-order valence-electron chi connectivity index (χ0n) is 16.6. The summed E-state index contributed by atoms with van der Waals surface area (Å²) in [6, 6.07) is 22.0. The Hall–Kier alpha value is -2.56. The van der Waals surface area contributed by atoms with Crippen LogP contribution in [0.4, 0.5) is 0 Å². The van der Waals surface area contributed by atoms with Gasteiger partial charge < -0.3 is 18.9 Å². The molecule has 1 aliphatic rings. The predicted molar refractivity (Wildman–Crippen MR) is 107 cm³/mol. The van der Waals surface area contributed by atoms with Crippen molar-refractivity contribution in [2.75, 3.05) is 28.4 Å². The van der Waals surface area contributed by atoms with E-state index in [1.165, 1.54) is 0 Å². The second-order valence-corrected chi connectivity index (χ2v) is 6.06. The highest BCUT2D eigenvalue weighted by atomic mass is 16.5. The van der Waals surface area contributed by atoms with Crippen molar-refractivity contribution in [3.63, 3.8) is 0 Å². The van der Waals surface area contributed by atoms with E-state index in [4.69, 9.17) is 18.9 Å². The van der Waals surface area contributed by atoms with Crippen LogP contribution in [0, 0.1) is 0 Å². The molecule has 0 amide bonds. The molecule has 2 unspecified atom stereocenters. The highest BCUT2D eigenvalue weighted by Crippen LogP contribution is 2.42. The van der Waals surface area contributed by atoms with Gasteiger partial charge in [0.05, 0.1) is 14.2 Å². The van der Waals surface area contributed by atoms with Gasteiger partial charge in [-0.1, -0.05) is 66.7 Å². The van der Waals surface area contributed by atoms with Crippen LogP contribution in [-0.4, -0.2) is 34.5 Å². The fourth-order valence-corrected chi connectivity index (χ4v) is 3.34. The fraction of sp³-hybridized carbons (Fsp3) is 0.304. The summed E-state index contributed by atoms with van der Waals surface area (Å²) >= 11 is 0. The van der Waals surface area contributed by atoms with E-state index >= 15 is 0 Å². The maximum Gasteiger partial charge on any atom is 0.162 e. The largest absolute Gasteiger partial charge is 0.493 e. The molecule has 0 spiro atoms. The standard InChI is InChI=1S/C17H22O4.C6H6/c1-12-15(19-3)14(18-2)11-17(21-5,16(12)20-4)13-9-7-6-8-10-13;1-2-4-6-5-3-1/h6-11,16H,1-5H3;1-6H. The molecule has 4 heteroatoms. The van der Waals surface area contributed by atoms with E-state index in [0.29, 0.717) is 11.5 Å². The van der Waals surface area contributed by atoms with Gasteiger partial charge in [-0.25, -0.2) is 0 Å². The first-order valence-corrected chi connectivity index (χ1v) is 8.80. The van der Waals surface area contributed by atoms with Crippen LogP contribution >= 0.6 is 0 Å². The van der Waals surface area contributed by atoms with Gasteiger partial charge in [0.1, 0.15) is 11.7 Å². The van der Waals surface area contributed by atoms with Gasteiger partial charge in [0.2, 0.25) is 0 Å². The van der Waals surface area contributed by atoms with E-state index in [9.17, 15) is 0 Å². The zero-order valence-corrected chi connectivity index (χ0v) is 16.6. The van der Waals surface area contributed by atoms with Gasteiger partial charge in [0.15, 0.2) is 11.5 Å². The Kier molecular flexibility index (Phi) is 7.65. The summed E-state index contributed by atoms with van der Waals surface area (Å²) < 4.78 is 22.6. The Morgan fingerprint density at radius 1 is 0.741 bits per heavy atom. The summed E-state index contributed by atoms with van der Waals surface area (Å²) in [4.78, 5) is 0. The van der Waals surface area contributed by atoms with Crippen LogP contribution < -0.4 is 0 Å². The van der Waals surface area contributed by atoms with Gasteiger partial charge in [0, 0.05) is 25.9 Å². The highest BCUT2D eigenvalue weighted by molar-refractivity contribution is 5.44. The molecule has 0 heterocycles. The van der Waals surface area contributed by atoms with Crippen molar-refractivity contribution >= 4 is 0 Å². The Labute approximate surface area is 162 Å². The van der Waals surface area contributed by atoms with E-state index in [2.05, 4.69) is 0 Å². The Morgan fingerprint density at radius 2 is 1.26 bits per heavy atom. The van der Waals surface area contributed by atoms with E-state index in [0.717, 1.165) is 11.1 Å². The normalized spacial score (nSPS) is 21.7. The Bertz CT molecular complexity index is 726. The van der Waals surface area contributed by atoms with E-state index in [1.807, 2.05) is 79.7 Å². The van der Waals surface area contributed by atoms with Gasteiger partial charge in [-0.15, -0.1) is 0 Å². The Morgan fingerprint density at radius 3 is 1.67 bits per heavy atom. The quantitative estimate of drug-likeness (QED) is 0.767. The van der Waals surface area contributed by atoms with Crippen LogP contribution in [0.15, 0.2) is 89.9 Å². The van der Waals surface area contributed by atoms with Crippen molar-refractivity contribution in [2.45, 2.75) is 18.6 Å². The molecule has 2 aromatic rings. The molecule has 0 fully saturated rings. The topological polar surface area (TPSA) is 36.9 Å². The second kappa shape index (κ2) is 9.95. The van der Waals surface area contributed by atoms with Crippen LogP contribution in [0.3, 0.4) is 0 Å². The number of hydrogen-bond donors (Lipinski definition) is 0. The van der Waals surface area contributed by atoms with Crippen molar-refractivity contribution in [2.24, 2.45) is 0 Å². The molecule has 1 aliphatic carbocycles. The molecular formula is C23H28O4. The number of hydrogen-bond acceptors (Lipinski definition) is 4. The molecule has 27 heavy (non-hydrogen) atoms. The third kappa shape index (κ3) is 4.41. The number of ether oxygens (including phenoxy) is 4. The molecule has 0 saturated heterocycles. The van der Waals surface area contributed by atoms with E-state index in [1.54, 1.807) is 28.4 Å². The number of rotatable bonds is 5. The monoisotopic (exact) mass is 368 g/mol. The average molecular weight is 368 g/mol. The lowest BCUT2D eigenvalue weighted by molar-refractivity contribution is -0.0821. The Balaban J connectivity index is 0.000000369. The average Bonchev–Trinajstić information content (AvgIpc) is 2.75. The maximum atomic E-state index is 5.89. The molecule has 144 valence electrons. The van der Waals surface area contributed by atoms with Crippen molar-refractivity contribution in [1.82, 2.24) is 0 Å². The van der Waals surface area contributed by atoms with Crippen molar-refractivity contribution in [1.29, 1.82) is 0 Å². The molecule has 0 bridgehead atoms. The first-order valence-electron chi connectivity index (χ1n) is 8.80. The van der Waals surface area contributed by atoms with Gasteiger partial charge in [-0.05, 0) is 12.5 Å². The number of methoxy groups -OCH3 is 4. The maximum absolute atomic E-state index is 5.89. The number of benzene rings is 2. The van der Waals surface area contributed by atoms with Crippen LogP contribution in [0.1, 0.15) is 12.5 Å². The summed E-state index contributed by atoms with van der Waals surface area (Å²) in [5.41, 5.74) is 1.20. The van der Waals surface area contributed by atoms with Crippen LogP contribution in [-0.2, 0) is 24.5 Å². The second-order valence-electron chi connectivity index (χ2n) is 6.06. The van der Waals surface area contributed by atoms with Crippen LogP contribution in [0.25, 0.3) is 0 Å². The third-order valence-corrected chi connectivity index (χ3v) is 4.60. The highest BCUT2D eigenvalue weighted by Gasteiger charge is 2.46. The molecule has 0 N–H and O–H groups in total. The summed E-state index contributed by atoms with van der Waals surface area (Å²) in [6.45, 7) is 1.97. The molecule has 2 atom stereocenters. The summed E-state index contributed by atoms with van der Waals surface area (Å²) in [7, 11) is 6.59. The fourth-order valence-electron chi connectivity index (χ4n) is 3.34. The molecule has 0 radical (unpaired) electrons. The van der Waals surface area contributed by atoms with Crippen molar-refractivity contribution in [3.05, 3.63) is 95.5 Å². The lowest BCUT2D eigenvalue weighted by atomic mass is 9.80. The predicted octanol–water partition coefficient (Wildman–Crippen LogP) is 4.69. The minimum absolute atomic E-state index is 0.293. The van der Waals surface area contributed by atoms with Gasteiger partial charge in [0.25, 0.3) is 0 Å². The van der Waals surface area contributed by atoms with Crippen molar-refractivity contribution < 1.29 is 18.9 Å². The van der Waals surface area contributed by atoms with E-state index in [-0.39, 0.29) is 6.10 Å². The molecule has 0 aliphatic heterocycles. The van der Waals surface area contributed by atoms with Crippen LogP contribution in [0.2, 0.25) is 0 Å². The van der Waals surface area contributed by atoms with Crippen molar-refractivity contribution in [3.8, 4) is 0 Å². The SMILES string of the molecule is COC1=CC(OC)(c2ccccc2)C(OC)C(C)=C1OC.c1ccccc1. The molecule has 2 aromatic carbocycles. The zero-order chi connectivity index (χ0) is 19.7.